The third-order valence-electron chi connectivity index (χ3n) is 4.37. The van der Waals surface area contributed by atoms with E-state index in [0.29, 0.717) is 41.3 Å². The number of phenols is 1. The molecule has 2 amide bonds. The highest BCUT2D eigenvalue weighted by Gasteiger charge is 2.21. The van der Waals surface area contributed by atoms with Gasteiger partial charge >= 0.3 is 0 Å². The summed E-state index contributed by atoms with van der Waals surface area (Å²) in [6.07, 6.45) is 3.53. The summed E-state index contributed by atoms with van der Waals surface area (Å²) in [5.41, 5.74) is 4.16. The van der Waals surface area contributed by atoms with Crippen LogP contribution in [0.4, 0.5) is 5.69 Å². The highest BCUT2D eigenvalue weighted by molar-refractivity contribution is 6.06. The summed E-state index contributed by atoms with van der Waals surface area (Å²) >= 11 is 0. The molecule has 0 saturated heterocycles. The summed E-state index contributed by atoms with van der Waals surface area (Å²) in [6, 6.07) is 10.1. The maximum Gasteiger partial charge on any atom is 0.252 e. The summed E-state index contributed by atoms with van der Waals surface area (Å²) in [7, 11) is 1.55. The SMILES string of the molecule is C=CCc1cc(C=NNC(=O)C(C)C(=O)Nc2ccc(OC)cc2)cc(OCC)c1O. The summed E-state index contributed by atoms with van der Waals surface area (Å²) in [4.78, 5) is 24.6. The molecule has 164 valence electrons. The molecule has 0 fully saturated rings. The molecule has 0 aliphatic heterocycles. The van der Waals surface area contributed by atoms with Crippen LogP contribution in [0.25, 0.3) is 0 Å². The third-order valence-corrected chi connectivity index (χ3v) is 4.37. The maximum absolute atomic E-state index is 12.3. The van der Waals surface area contributed by atoms with Crippen molar-refractivity contribution in [2.24, 2.45) is 11.0 Å². The molecule has 0 saturated carbocycles. The Kier molecular flexibility index (Phi) is 8.63. The Labute approximate surface area is 181 Å². The van der Waals surface area contributed by atoms with Crippen molar-refractivity contribution in [3.63, 3.8) is 0 Å². The minimum absolute atomic E-state index is 0.0479. The van der Waals surface area contributed by atoms with Crippen LogP contribution >= 0.6 is 0 Å². The van der Waals surface area contributed by atoms with Gasteiger partial charge in [0.15, 0.2) is 11.5 Å². The van der Waals surface area contributed by atoms with Gasteiger partial charge in [-0.1, -0.05) is 6.08 Å². The van der Waals surface area contributed by atoms with Crippen molar-refractivity contribution < 1.29 is 24.2 Å². The molecule has 0 heterocycles. The predicted octanol–water partition coefficient (Wildman–Crippen LogP) is 3.25. The van der Waals surface area contributed by atoms with Crippen molar-refractivity contribution in [1.82, 2.24) is 5.43 Å². The summed E-state index contributed by atoms with van der Waals surface area (Å²) < 4.78 is 10.5. The normalized spacial score (nSPS) is 11.6. The number of hydrogen-bond acceptors (Lipinski definition) is 6. The molecule has 31 heavy (non-hydrogen) atoms. The number of hydrazone groups is 1. The minimum Gasteiger partial charge on any atom is -0.504 e. The van der Waals surface area contributed by atoms with E-state index >= 15 is 0 Å². The lowest BCUT2D eigenvalue weighted by molar-refractivity contribution is -0.131. The van der Waals surface area contributed by atoms with Gasteiger partial charge in [0.1, 0.15) is 11.7 Å². The van der Waals surface area contributed by atoms with Crippen LogP contribution in [-0.4, -0.2) is 36.9 Å². The van der Waals surface area contributed by atoms with Crippen molar-refractivity contribution in [3.8, 4) is 17.2 Å². The Balaban J connectivity index is 2.01. The van der Waals surface area contributed by atoms with Gasteiger partial charge in [0.2, 0.25) is 5.91 Å². The number of nitrogens with zero attached hydrogens (tertiary/aromatic N) is 1. The van der Waals surface area contributed by atoms with Gasteiger partial charge in [-0.2, -0.15) is 5.10 Å². The number of phenolic OH excluding ortho intramolecular Hbond substituents is 1. The van der Waals surface area contributed by atoms with E-state index in [0.717, 1.165) is 0 Å². The molecule has 1 unspecified atom stereocenters. The number of allylic oxidation sites excluding steroid dienone is 1. The molecule has 1 atom stereocenters. The van der Waals surface area contributed by atoms with Crippen LogP contribution in [0.2, 0.25) is 0 Å². The van der Waals surface area contributed by atoms with Crippen molar-refractivity contribution >= 4 is 23.7 Å². The molecule has 0 aromatic heterocycles. The van der Waals surface area contributed by atoms with Crippen LogP contribution in [-0.2, 0) is 16.0 Å². The molecule has 0 radical (unpaired) electrons. The first-order valence-corrected chi connectivity index (χ1v) is 9.77. The van der Waals surface area contributed by atoms with Crippen molar-refractivity contribution in [1.29, 1.82) is 0 Å². The quantitative estimate of drug-likeness (QED) is 0.234. The van der Waals surface area contributed by atoms with E-state index in [1.807, 2.05) is 6.92 Å². The number of hydrogen-bond donors (Lipinski definition) is 3. The van der Waals surface area contributed by atoms with E-state index in [1.165, 1.54) is 13.1 Å². The second-order valence-corrected chi connectivity index (χ2v) is 6.63. The fourth-order valence-electron chi connectivity index (χ4n) is 2.65. The van der Waals surface area contributed by atoms with Crippen molar-refractivity contribution in [3.05, 3.63) is 60.2 Å². The van der Waals surface area contributed by atoms with Crippen LogP contribution in [0.5, 0.6) is 17.2 Å². The highest BCUT2D eigenvalue weighted by Crippen LogP contribution is 2.31. The second-order valence-electron chi connectivity index (χ2n) is 6.63. The van der Waals surface area contributed by atoms with Crippen LogP contribution in [0.1, 0.15) is 25.0 Å². The summed E-state index contributed by atoms with van der Waals surface area (Å²) in [5, 5.41) is 16.8. The van der Waals surface area contributed by atoms with Gasteiger partial charge < -0.3 is 19.9 Å². The topological polar surface area (TPSA) is 109 Å². The number of benzene rings is 2. The first kappa shape index (κ1) is 23.5. The number of anilines is 1. The summed E-state index contributed by atoms with van der Waals surface area (Å²) in [5.74, 6) is -0.953. The minimum atomic E-state index is -0.964. The van der Waals surface area contributed by atoms with Crippen molar-refractivity contribution in [2.75, 3.05) is 19.0 Å². The number of ether oxygens (including phenoxy) is 2. The number of carbonyl (C=O) groups excluding carboxylic acids is 2. The Morgan fingerprint density at radius 2 is 1.94 bits per heavy atom. The fourth-order valence-corrected chi connectivity index (χ4v) is 2.65. The molecule has 3 N–H and O–H groups in total. The maximum atomic E-state index is 12.3. The number of carbonyl (C=O) groups is 2. The van der Waals surface area contributed by atoms with Gasteiger partial charge in [-0.05, 0) is 62.2 Å². The lowest BCUT2D eigenvalue weighted by Crippen LogP contribution is -2.34. The van der Waals surface area contributed by atoms with Gasteiger partial charge in [0, 0.05) is 11.3 Å². The molecule has 8 heteroatoms. The van der Waals surface area contributed by atoms with Gasteiger partial charge in [0.25, 0.3) is 5.91 Å². The Morgan fingerprint density at radius 3 is 2.55 bits per heavy atom. The predicted molar refractivity (Wildman–Crippen MR) is 120 cm³/mol. The number of amides is 2. The average molecular weight is 425 g/mol. The van der Waals surface area contributed by atoms with E-state index < -0.39 is 17.7 Å². The molecular weight excluding hydrogens is 398 g/mol. The zero-order valence-electron chi connectivity index (χ0n) is 17.8. The standard InChI is InChI=1S/C23H27N3O5/c1-5-7-17-12-16(13-20(21(17)27)31-6-2)14-24-26-23(29)15(3)22(28)25-18-8-10-19(30-4)11-9-18/h5,8-15,27H,1,6-7H2,2-4H3,(H,25,28)(H,26,29). The van der Waals surface area contributed by atoms with Crippen LogP contribution in [0.3, 0.4) is 0 Å². The Morgan fingerprint density at radius 1 is 1.23 bits per heavy atom. The number of methoxy groups -OCH3 is 1. The first-order chi connectivity index (χ1) is 14.9. The van der Waals surface area contributed by atoms with Crippen LogP contribution in [0.15, 0.2) is 54.2 Å². The van der Waals surface area contributed by atoms with E-state index in [4.69, 9.17) is 9.47 Å². The highest BCUT2D eigenvalue weighted by atomic mass is 16.5. The smallest absolute Gasteiger partial charge is 0.252 e. The molecule has 0 aliphatic carbocycles. The molecule has 0 spiro atoms. The van der Waals surface area contributed by atoms with Crippen LogP contribution in [0, 0.1) is 5.92 Å². The Bertz CT molecular complexity index is 954. The fraction of sp³-hybridized carbons (Fsp3) is 0.261. The monoisotopic (exact) mass is 425 g/mol. The molecule has 0 bridgehead atoms. The molecular formula is C23H27N3O5. The lowest BCUT2D eigenvalue weighted by atomic mass is 10.1. The van der Waals surface area contributed by atoms with Crippen molar-refractivity contribution in [2.45, 2.75) is 20.3 Å². The summed E-state index contributed by atoms with van der Waals surface area (Å²) in [6.45, 7) is 7.36. The van der Waals surface area contributed by atoms with E-state index in [2.05, 4.69) is 22.4 Å². The van der Waals surface area contributed by atoms with Gasteiger partial charge in [-0.15, -0.1) is 6.58 Å². The third kappa shape index (κ3) is 6.60. The van der Waals surface area contributed by atoms with E-state index in [1.54, 1.807) is 49.6 Å². The Hall–Kier alpha value is -3.81. The molecule has 2 rings (SSSR count). The van der Waals surface area contributed by atoms with Gasteiger partial charge in [-0.25, -0.2) is 5.43 Å². The zero-order chi connectivity index (χ0) is 22.8. The number of aromatic hydroxyl groups is 1. The lowest BCUT2D eigenvalue weighted by Gasteiger charge is -2.12. The van der Waals surface area contributed by atoms with Gasteiger partial charge in [0.05, 0.1) is 19.9 Å². The molecule has 8 nitrogen and oxygen atoms in total. The average Bonchev–Trinajstić information content (AvgIpc) is 2.77. The first-order valence-electron chi connectivity index (χ1n) is 9.77. The molecule has 2 aromatic carbocycles. The largest absolute Gasteiger partial charge is 0.504 e. The van der Waals surface area contributed by atoms with E-state index in [9.17, 15) is 14.7 Å². The molecule has 2 aromatic rings. The number of rotatable bonds is 10. The molecule has 0 aliphatic rings. The zero-order valence-corrected chi connectivity index (χ0v) is 17.8. The van der Waals surface area contributed by atoms with E-state index in [-0.39, 0.29) is 5.75 Å². The number of nitrogens with one attached hydrogen (secondary N) is 2. The van der Waals surface area contributed by atoms with Crippen LogP contribution < -0.4 is 20.2 Å². The second kappa shape index (κ2) is 11.4. The van der Waals surface area contributed by atoms with Gasteiger partial charge in [-0.3, -0.25) is 9.59 Å².